The van der Waals surface area contributed by atoms with Crippen LogP contribution < -0.4 is 16.8 Å². The molecule has 1 atom stereocenters. The number of ether oxygens (including phenoxy) is 1. The van der Waals surface area contributed by atoms with Gasteiger partial charge < -0.3 is 21.5 Å². The van der Waals surface area contributed by atoms with Gasteiger partial charge in [-0.05, 0) is 49.9 Å². The van der Waals surface area contributed by atoms with Crippen molar-refractivity contribution in [2.24, 2.45) is 11.5 Å². The maximum absolute atomic E-state index is 12.5. The summed E-state index contributed by atoms with van der Waals surface area (Å²) in [6.07, 6.45) is 2.82. The van der Waals surface area contributed by atoms with Crippen molar-refractivity contribution in [3.63, 3.8) is 0 Å². The van der Waals surface area contributed by atoms with Gasteiger partial charge in [-0.15, -0.1) is 0 Å². The lowest BCUT2D eigenvalue weighted by molar-refractivity contribution is -0.124. The number of nitrogens with zero attached hydrogens (tertiary/aromatic N) is 1. The van der Waals surface area contributed by atoms with Crippen molar-refractivity contribution in [2.45, 2.75) is 43.8 Å². The standard InChI is InChI=1S/C18H26N4O3/c19-16(23)15-5-2-8-22(15)12-13-3-1-4-14(11-13)21-17(24)18(20)6-9-25-10-7-18/h1,3-4,11,15H,2,5-10,12,20H2,(H2,19,23)(H,21,24). The Bertz CT molecular complexity index is 643. The van der Waals surface area contributed by atoms with Crippen LogP contribution in [0.25, 0.3) is 0 Å². The van der Waals surface area contributed by atoms with E-state index < -0.39 is 5.54 Å². The van der Waals surface area contributed by atoms with E-state index in [2.05, 4.69) is 10.2 Å². The summed E-state index contributed by atoms with van der Waals surface area (Å²) < 4.78 is 5.28. The average Bonchev–Trinajstić information content (AvgIpc) is 3.04. The highest BCUT2D eigenvalue weighted by molar-refractivity contribution is 5.98. The van der Waals surface area contributed by atoms with E-state index in [4.69, 9.17) is 16.2 Å². The Morgan fingerprint density at radius 2 is 2.08 bits per heavy atom. The van der Waals surface area contributed by atoms with Gasteiger partial charge in [-0.1, -0.05) is 12.1 Å². The van der Waals surface area contributed by atoms with E-state index in [-0.39, 0.29) is 17.9 Å². The van der Waals surface area contributed by atoms with Crippen LogP contribution in [-0.2, 0) is 20.9 Å². The Morgan fingerprint density at radius 3 is 2.80 bits per heavy atom. The summed E-state index contributed by atoms with van der Waals surface area (Å²) in [5.74, 6) is -0.448. The Balaban J connectivity index is 1.65. The first-order valence-electron chi connectivity index (χ1n) is 8.78. The lowest BCUT2D eigenvalue weighted by atomic mass is 9.90. The summed E-state index contributed by atoms with van der Waals surface area (Å²) in [6, 6.07) is 7.45. The smallest absolute Gasteiger partial charge is 0.244 e. The van der Waals surface area contributed by atoms with Crippen LogP contribution in [0, 0.1) is 0 Å². The minimum atomic E-state index is -0.875. The van der Waals surface area contributed by atoms with Crippen molar-refractivity contribution in [1.82, 2.24) is 4.90 Å². The van der Waals surface area contributed by atoms with Gasteiger partial charge in [-0.2, -0.15) is 0 Å². The number of rotatable bonds is 5. The predicted molar refractivity (Wildman–Crippen MR) is 94.7 cm³/mol. The number of nitrogens with one attached hydrogen (secondary N) is 1. The van der Waals surface area contributed by atoms with Gasteiger partial charge >= 0.3 is 0 Å². The molecule has 2 aliphatic rings. The Morgan fingerprint density at radius 1 is 1.32 bits per heavy atom. The fourth-order valence-corrected chi connectivity index (χ4v) is 3.54. The molecule has 0 saturated carbocycles. The van der Waals surface area contributed by atoms with Gasteiger partial charge in [0.15, 0.2) is 0 Å². The van der Waals surface area contributed by atoms with Crippen LogP contribution in [0.4, 0.5) is 5.69 Å². The number of benzene rings is 1. The van der Waals surface area contributed by atoms with E-state index in [1.807, 2.05) is 24.3 Å². The van der Waals surface area contributed by atoms with Crippen LogP contribution in [0.1, 0.15) is 31.2 Å². The van der Waals surface area contributed by atoms with Crippen molar-refractivity contribution in [3.8, 4) is 0 Å². The summed E-state index contributed by atoms with van der Waals surface area (Å²) in [5, 5.41) is 2.92. The third-order valence-corrected chi connectivity index (χ3v) is 5.10. The average molecular weight is 346 g/mol. The van der Waals surface area contributed by atoms with Gasteiger partial charge in [0.2, 0.25) is 11.8 Å². The molecule has 0 radical (unpaired) electrons. The Kier molecular flexibility index (Phi) is 5.36. The predicted octanol–water partition coefficient (Wildman–Crippen LogP) is 0.583. The molecule has 7 nitrogen and oxygen atoms in total. The molecule has 0 bridgehead atoms. The lowest BCUT2D eigenvalue weighted by Gasteiger charge is -2.31. The molecule has 0 spiro atoms. The van der Waals surface area contributed by atoms with E-state index in [9.17, 15) is 9.59 Å². The van der Waals surface area contributed by atoms with Gasteiger partial charge in [-0.25, -0.2) is 0 Å². The highest BCUT2D eigenvalue weighted by atomic mass is 16.5. The zero-order valence-electron chi connectivity index (χ0n) is 14.4. The van der Waals surface area contributed by atoms with Crippen LogP contribution in [0.5, 0.6) is 0 Å². The monoisotopic (exact) mass is 346 g/mol. The fraction of sp³-hybridized carbons (Fsp3) is 0.556. The van der Waals surface area contributed by atoms with E-state index in [1.165, 1.54) is 0 Å². The van der Waals surface area contributed by atoms with E-state index in [0.717, 1.165) is 24.9 Å². The molecule has 0 aromatic heterocycles. The van der Waals surface area contributed by atoms with E-state index in [1.54, 1.807) is 0 Å². The van der Waals surface area contributed by atoms with Crippen LogP contribution in [0.3, 0.4) is 0 Å². The van der Waals surface area contributed by atoms with Crippen molar-refractivity contribution < 1.29 is 14.3 Å². The molecule has 2 saturated heterocycles. The van der Waals surface area contributed by atoms with Crippen molar-refractivity contribution in [3.05, 3.63) is 29.8 Å². The molecule has 2 aliphatic heterocycles. The zero-order valence-corrected chi connectivity index (χ0v) is 14.4. The quantitative estimate of drug-likeness (QED) is 0.722. The maximum Gasteiger partial charge on any atom is 0.244 e. The molecular weight excluding hydrogens is 320 g/mol. The molecule has 0 aliphatic carbocycles. The van der Waals surface area contributed by atoms with Gasteiger partial charge in [0.1, 0.15) is 5.54 Å². The van der Waals surface area contributed by atoms with Crippen LogP contribution >= 0.6 is 0 Å². The number of carbonyl (C=O) groups excluding carboxylic acids is 2. The zero-order chi connectivity index (χ0) is 17.9. The second kappa shape index (κ2) is 7.51. The Labute approximate surface area is 147 Å². The number of hydrogen-bond acceptors (Lipinski definition) is 5. The summed E-state index contributed by atoms with van der Waals surface area (Å²) >= 11 is 0. The first-order chi connectivity index (χ1) is 12.0. The molecule has 1 aromatic rings. The third-order valence-electron chi connectivity index (χ3n) is 5.10. The van der Waals surface area contributed by atoms with Crippen molar-refractivity contribution in [2.75, 3.05) is 25.1 Å². The van der Waals surface area contributed by atoms with Gasteiger partial charge in [-0.3, -0.25) is 14.5 Å². The summed E-state index contributed by atoms with van der Waals surface area (Å²) in [5.41, 5.74) is 12.6. The number of hydrogen-bond donors (Lipinski definition) is 3. The topological polar surface area (TPSA) is 111 Å². The number of amides is 2. The minimum absolute atomic E-state index is 0.177. The number of nitrogens with two attached hydrogens (primary N) is 2. The molecule has 3 rings (SSSR count). The van der Waals surface area contributed by atoms with Gasteiger partial charge in [0.25, 0.3) is 0 Å². The largest absolute Gasteiger partial charge is 0.381 e. The molecule has 1 aromatic carbocycles. The second-order valence-electron chi connectivity index (χ2n) is 6.95. The first-order valence-corrected chi connectivity index (χ1v) is 8.78. The molecular formula is C18H26N4O3. The van der Waals surface area contributed by atoms with Crippen LogP contribution in [-0.4, -0.2) is 48.1 Å². The summed E-state index contributed by atoms with van der Waals surface area (Å²) in [7, 11) is 0. The molecule has 7 heteroatoms. The SMILES string of the molecule is NC(=O)C1CCCN1Cc1cccc(NC(=O)C2(N)CCOCC2)c1. The molecule has 1 unspecified atom stereocenters. The van der Waals surface area contributed by atoms with E-state index >= 15 is 0 Å². The fourth-order valence-electron chi connectivity index (χ4n) is 3.54. The highest BCUT2D eigenvalue weighted by Gasteiger charge is 2.36. The van der Waals surface area contributed by atoms with Crippen molar-refractivity contribution in [1.29, 1.82) is 0 Å². The minimum Gasteiger partial charge on any atom is -0.381 e. The number of primary amides is 1. The summed E-state index contributed by atoms with van der Waals surface area (Å²) in [4.78, 5) is 26.1. The normalized spacial score (nSPS) is 23.3. The van der Waals surface area contributed by atoms with Gasteiger partial charge in [0, 0.05) is 25.4 Å². The summed E-state index contributed by atoms with van der Waals surface area (Å²) in [6.45, 7) is 2.51. The molecule has 2 amide bonds. The second-order valence-corrected chi connectivity index (χ2v) is 6.95. The number of likely N-dealkylation sites (tertiary alicyclic amines) is 1. The Hall–Kier alpha value is -1.96. The molecule has 2 fully saturated rings. The van der Waals surface area contributed by atoms with Crippen LogP contribution in [0.2, 0.25) is 0 Å². The maximum atomic E-state index is 12.5. The third kappa shape index (κ3) is 4.18. The van der Waals surface area contributed by atoms with Crippen molar-refractivity contribution >= 4 is 17.5 Å². The lowest BCUT2D eigenvalue weighted by Crippen LogP contribution is -2.54. The first kappa shape index (κ1) is 17.8. The number of anilines is 1. The molecule has 136 valence electrons. The number of carbonyl (C=O) groups is 2. The molecule has 25 heavy (non-hydrogen) atoms. The molecule has 2 heterocycles. The van der Waals surface area contributed by atoms with Gasteiger partial charge in [0.05, 0.1) is 6.04 Å². The highest BCUT2D eigenvalue weighted by Crippen LogP contribution is 2.23. The van der Waals surface area contributed by atoms with Crippen LogP contribution in [0.15, 0.2) is 24.3 Å². The van der Waals surface area contributed by atoms with E-state index in [0.29, 0.717) is 38.3 Å². The molecule has 5 N–H and O–H groups in total.